The second-order valence-electron chi connectivity index (χ2n) is 6.01. The number of anilines is 1. The fourth-order valence-corrected chi connectivity index (χ4v) is 3.37. The number of rotatable bonds is 2. The van der Waals surface area contributed by atoms with Crippen molar-refractivity contribution in [3.05, 3.63) is 58.4 Å². The van der Waals surface area contributed by atoms with Gasteiger partial charge in [-0.05, 0) is 12.1 Å². The summed E-state index contributed by atoms with van der Waals surface area (Å²) in [6.45, 7) is 1.08. The van der Waals surface area contributed by atoms with Crippen molar-refractivity contribution in [2.75, 3.05) is 18.5 Å². The van der Waals surface area contributed by atoms with Crippen molar-refractivity contribution >= 4 is 22.6 Å². The average molecular weight is 339 g/mol. The molecule has 7 heteroatoms. The van der Waals surface area contributed by atoms with Crippen LogP contribution >= 0.6 is 0 Å². The topological polar surface area (TPSA) is 75.4 Å². The van der Waals surface area contributed by atoms with Crippen molar-refractivity contribution in [2.45, 2.75) is 6.54 Å². The molecule has 4 rings (SSSR count). The SMILES string of the molecule is CN1CCn2cc(C(=O)O)c(=O)c3cc(F)c(-c4cccnc4)c1c32. The average Bonchev–Trinajstić information content (AvgIpc) is 2.60. The van der Waals surface area contributed by atoms with Crippen LogP contribution in [0, 0.1) is 5.82 Å². The third-order valence-electron chi connectivity index (χ3n) is 4.53. The number of halogens is 1. The zero-order valence-electron chi connectivity index (χ0n) is 13.4. The Hall–Kier alpha value is -3.22. The van der Waals surface area contributed by atoms with Gasteiger partial charge in [-0.1, -0.05) is 6.07 Å². The van der Waals surface area contributed by atoms with Gasteiger partial charge in [-0.15, -0.1) is 0 Å². The summed E-state index contributed by atoms with van der Waals surface area (Å²) in [7, 11) is 1.83. The monoisotopic (exact) mass is 339 g/mol. The van der Waals surface area contributed by atoms with Gasteiger partial charge in [0, 0.05) is 49.9 Å². The molecule has 3 heterocycles. The van der Waals surface area contributed by atoms with E-state index < -0.39 is 17.2 Å². The number of carbonyl (C=O) groups is 1. The minimum atomic E-state index is -1.31. The van der Waals surface area contributed by atoms with Gasteiger partial charge in [0.25, 0.3) is 0 Å². The van der Waals surface area contributed by atoms with Gasteiger partial charge in [-0.2, -0.15) is 0 Å². The van der Waals surface area contributed by atoms with Crippen molar-refractivity contribution in [2.24, 2.45) is 0 Å². The molecule has 1 N–H and O–H groups in total. The second kappa shape index (κ2) is 5.41. The molecule has 0 bridgehead atoms. The number of carboxylic acid groups (broad SMARTS) is 1. The number of aromatic carboxylic acids is 1. The van der Waals surface area contributed by atoms with E-state index in [0.717, 1.165) is 6.07 Å². The van der Waals surface area contributed by atoms with Crippen molar-refractivity contribution < 1.29 is 14.3 Å². The lowest BCUT2D eigenvalue weighted by Crippen LogP contribution is -2.31. The predicted octanol–water partition coefficient (Wildman–Crippen LogP) is 2.35. The number of aromatic nitrogens is 2. The fourth-order valence-electron chi connectivity index (χ4n) is 3.37. The van der Waals surface area contributed by atoms with Gasteiger partial charge in [0.2, 0.25) is 5.43 Å². The van der Waals surface area contributed by atoms with Gasteiger partial charge in [-0.25, -0.2) is 9.18 Å². The Labute approximate surface area is 141 Å². The van der Waals surface area contributed by atoms with Crippen LogP contribution in [0.5, 0.6) is 0 Å². The van der Waals surface area contributed by atoms with Gasteiger partial charge < -0.3 is 14.6 Å². The number of benzene rings is 1. The maximum atomic E-state index is 14.9. The second-order valence-corrected chi connectivity index (χ2v) is 6.01. The van der Waals surface area contributed by atoms with Crippen LogP contribution in [0.2, 0.25) is 0 Å². The molecule has 1 aliphatic heterocycles. The molecule has 0 atom stereocenters. The summed E-state index contributed by atoms with van der Waals surface area (Å²) in [5, 5.41) is 9.34. The van der Waals surface area contributed by atoms with Crippen molar-refractivity contribution in [3.8, 4) is 11.1 Å². The number of hydrogen-bond donors (Lipinski definition) is 1. The number of likely N-dealkylation sites (N-methyl/N-ethyl adjacent to an activating group) is 1. The van der Waals surface area contributed by atoms with Crippen LogP contribution in [-0.4, -0.2) is 34.2 Å². The standard InChI is InChI=1S/C18H14FN3O3/c1-21-5-6-22-9-12(18(24)25)17(23)11-7-13(19)14(16(21)15(11)22)10-3-2-4-20-8-10/h2-4,7-9H,5-6H2,1H3,(H,24,25). The molecule has 0 amide bonds. The molecule has 25 heavy (non-hydrogen) atoms. The highest BCUT2D eigenvalue weighted by Gasteiger charge is 2.26. The predicted molar refractivity (Wildman–Crippen MR) is 91.6 cm³/mol. The lowest BCUT2D eigenvalue weighted by molar-refractivity contribution is 0.0695. The Morgan fingerprint density at radius 3 is 2.84 bits per heavy atom. The van der Waals surface area contributed by atoms with Crippen LogP contribution in [0.4, 0.5) is 10.1 Å². The third-order valence-corrected chi connectivity index (χ3v) is 4.53. The summed E-state index contributed by atoms with van der Waals surface area (Å²) in [5.41, 5.74) is 1.06. The molecule has 0 saturated carbocycles. The Balaban J connectivity index is 2.19. The molecule has 6 nitrogen and oxygen atoms in total. The summed E-state index contributed by atoms with van der Waals surface area (Å²) < 4.78 is 16.7. The molecular formula is C18H14FN3O3. The smallest absolute Gasteiger partial charge is 0.341 e. The van der Waals surface area contributed by atoms with Crippen LogP contribution in [0.15, 0.2) is 41.6 Å². The first kappa shape index (κ1) is 15.3. The van der Waals surface area contributed by atoms with E-state index in [9.17, 15) is 19.1 Å². The van der Waals surface area contributed by atoms with Crippen LogP contribution < -0.4 is 10.3 Å². The Morgan fingerprint density at radius 1 is 1.36 bits per heavy atom. The van der Waals surface area contributed by atoms with Gasteiger partial charge in [-0.3, -0.25) is 9.78 Å². The highest BCUT2D eigenvalue weighted by Crippen LogP contribution is 2.40. The van der Waals surface area contributed by atoms with Gasteiger partial charge in [0.05, 0.1) is 16.6 Å². The van der Waals surface area contributed by atoms with E-state index in [1.165, 1.54) is 6.20 Å². The number of carboxylic acids is 1. The normalized spacial score (nSPS) is 13.3. The van der Waals surface area contributed by atoms with E-state index >= 15 is 0 Å². The summed E-state index contributed by atoms with van der Waals surface area (Å²) in [6.07, 6.45) is 4.51. The first-order valence-electron chi connectivity index (χ1n) is 7.73. The van der Waals surface area contributed by atoms with Gasteiger partial charge in [0.15, 0.2) is 0 Å². The van der Waals surface area contributed by atoms with Crippen LogP contribution in [0.1, 0.15) is 10.4 Å². The maximum absolute atomic E-state index is 14.9. The van der Waals surface area contributed by atoms with E-state index in [4.69, 9.17) is 0 Å². The molecule has 0 fully saturated rings. The molecule has 3 aromatic rings. The van der Waals surface area contributed by atoms with Crippen LogP contribution in [-0.2, 0) is 6.54 Å². The molecule has 0 aliphatic carbocycles. The van der Waals surface area contributed by atoms with Crippen molar-refractivity contribution in [1.82, 2.24) is 9.55 Å². The van der Waals surface area contributed by atoms with Crippen LogP contribution in [0.25, 0.3) is 22.0 Å². The van der Waals surface area contributed by atoms with Gasteiger partial charge in [0.1, 0.15) is 11.4 Å². The van der Waals surface area contributed by atoms with Crippen molar-refractivity contribution in [3.63, 3.8) is 0 Å². The molecule has 0 spiro atoms. The highest BCUT2D eigenvalue weighted by atomic mass is 19.1. The Bertz CT molecular complexity index is 1080. The highest BCUT2D eigenvalue weighted by molar-refractivity contribution is 6.03. The summed E-state index contributed by atoms with van der Waals surface area (Å²) in [4.78, 5) is 29.8. The van der Waals surface area contributed by atoms with Gasteiger partial charge >= 0.3 is 5.97 Å². The molecule has 0 radical (unpaired) electrons. The lowest BCUT2D eigenvalue weighted by atomic mass is 9.98. The minimum Gasteiger partial charge on any atom is -0.477 e. The number of pyridine rings is 2. The van der Waals surface area contributed by atoms with E-state index in [1.54, 1.807) is 29.1 Å². The third kappa shape index (κ3) is 2.20. The molecule has 2 aromatic heterocycles. The van der Waals surface area contributed by atoms with E-state index in [-0.39, 0.29) is 10.9 Å². The Kier molecular flexibility index (Phi) is 3.31. The number of hydrogen-bond acceptors (Lipinski definition) is 4. The lowest BCUT2D eigenvalue weighted by Gasteiger charge is -2.31. The van der Waals surface area contributed by atoms with Crippen molar-refractivity contribution in [1.29, 1.82) is 0 Å². The summed E-state index contributed by atoms with van der Waals surface area (Å²) in [6, 6.07) is 4.60. The van der Waals surface area contributed by atoms with E-state index in [0.29, 0.717) is 35.4 Å². The molecule has 0 saturated heterocycles. The fraction of sp³-hybridized carbons (Fsp3) is 0.167. The largest absolute Gasteiger partial charge is 0.477 e. The molecule has 1 aliphatic rings. The molecule has 1 aromatic carbocycles. The molecule has 0 unspecified atom stereocenters. The first-order valence-corrected chi connectivity index (χ1v) is 7.73. The Morgan fingerprint density at radius 2 is 2.16 bits per heavy atom. The van der Waals surface area contributed by atoms with E-state index in [2.05, 4.69) is 4.98 Å². The summed E-state index contributed by atoms with van der Waals surface area (Å²) in [5.74, 6) is -1.89. The molecule has 126 valence electrons. The molecular weight excluding hydrogens is 325 g/mol. The quantitative estimate of drug-likeness (QED) is 0.776. The summed E-state index contributed by atoms with van der Waals surface area (Å²) >= 11 is 0. The minimum absolute atomic E-state index is 0.0755. The first-order chi connectivity index (χ1) is 12.0. The van der Waals surface area contributed by atoms with E-state index in [1.807, 2.05) is 11.9 Å². The zero-order chi connectivity index (χ0) is 17.7. The number of nitrogens with zero attached hydrogens (tertiary/aromatic N) is 3. The zero-order valence-corrected chi connectivity index (χ0v) is 13.4. The van der Waals surface area contributed by atoms with Crippen LogP contribution in [0.3, 0.4) is 0 Å². The maximum Gasteiger partial charge on any atom is 0.341 e.